The maximum atomic E-state index is 11.6. The summed E-state index contributed by atoms with van der Waals surface area (Å²) in [6.45, 7) is 4.20. The number of carbonyl (C=O) groups is 1. The first kappa shape index (κ1) is 39.2. The van der Waals surface area contributed by atoms with E-state index in [-0.39, 0.29) is 12.1 Å². The van der Waals surface area contributed by atoms with Crippen LogP contribution in [0.25, 0.3) is 0 Å². The van der Waals surface area contributed by atoms with Crippen molar-refractivity contribution in [3.05, 3.63) is 11.6 Å². The smallest absolute Gasteiger partial charge is 0.334 e. The van der Waals surface area contributed by atoms with E-state index >= 15 is 0 Å². The number of hydrogen-bond donors (Lipinski definition) is 2. The van der Waals surface area contributed by atoms with Gasteiger partial charge in [0.1, 0.15) is 6.10 Å². The average Bonchev–Trinajstić information content (AvgIpc) is 3.31. The van der Waals surface area contributed by atoms with Gasteiger partial charge < -0.3 is 14.9 Å². The summed E-state index contributed by atoms with van der Waals surface area (Å²) >= 11 is 0. The number of esters is 1. The highest BCUT2D eigenvalue weighted by Crippen LogP contribution is 2.21. The van der Waals surface area contributed by atoms with E-state index in [0.717, 1.165) is 44.1 Å². The zero-order valence-electron chi connectivity index (χ0n) is 28.2. The van der Waals surface area contributed by atoms with E-state index in [0.29, 0.717) is 0 Å². The second-order valence-corrected chi connectivity index (χ2v) is 13.5. The summed E-state index contributed by atoms with van der Waals surface area (Å²) in [6.07, 6.45) is 38.5. The molecule has 0 radical (unpaired) electrons. The lowest BCUT2D eigenvalue weighted by Crippen LogP contribution is -2.25. The zero-order valence-corrected chi connectivity index (χ0v) is 28.2. The highest BCUT2D eigenvalue weighted by molar-refractivity contribution is 5.90. The maximum Gasteiger partial charge on any atom is 0.334 e. The molecule has 0 saturated carbocycles. The Balaban J connectivity index is 1.75. The molecule has 0 aromatic carbocycles. The van der Waals surface area contributed by atoms with Crippen LogP contribution in [0.2, 0.25) is 0 Å². The van der Waals surface area contributed by atoms with Crippen LogP contribution >= 0.6 is 0 Å². The van der Waals surface area contributed by atoms with Gasteiger partial charge in [-0.15, -0.1) is 0 Å². The van der Waals surface area contributed by atoms with Crippen LogP contribution in [0.4, 0.5) is 0 Å². The molecule has 4 nitrogen and oxygen atoms in total. The van der Waals surface area contributed by atoms with Crippen molar-refractivity contribution in [1.82, 2.24) is 0 Å². The Morgan fingerprint density at radius 3 is 1.17 bits per heavy atom. The third kappa shape index (κ3) is 23.6. The van der Waals surface area contributed by atoms with Gasteiger partial charge in [0, 0.05) is 5.57 Å². The summed E-state index contributed by atoms with van der Waals surface area (Å²) in [5.74, 6) is -0.105. The van der Waals surface area contributed by atoms with Crippen molar-refractivity contribution in [2.45, 2.75) is 225 Å². The molecule has 0 aliphatic carbocycles. The van der Waals surface area contributed by atoms with Crippen LogP contribution in [0.15, 0.2) is 11.6 Å². The van der Waals surface area contributed by atoms with Gasteiger partial charge in [0.05, 0.1) is 12.2 Å². The van der Waals surface area contributed by atoms with Crippen molar-refractivity contribution in [2.24, 2.45) is 0 Å². The second-order valence-electron chi connectivity index (χ2n) is 13.5. The molecule has 0 aromatic heterocycles. The number of rotatable bonds is 32. The fraction of sp³-hybridized carbons (Fsp3) is 0.921. The van der Waals surface area contributed by atoms with E-state index in [9.17, 15) is 15.0 Å². The van der Waals surface area contributed by atoms with Crippen LogP contribution in [0, 0.1) is 0 Å². The van der Waals surface area contributed by atoms with Gasteiger partial charge in [-0.25, -0.2) is 4.79 Å². The Bertz CT molecular complexity index is 631. The molecule has 1 aliphatic rings. The van der Waals surface area contributed by atoms with Gasteiger partial charge in [0.2, 0.25) is 0 Å². The minimum absolute atomic E-state index is 0.0325. The number of hydrogen-bond acceptors (Lipinski definition) is 4. The number of aliphatic hydroxyl groups is 2. The Morgan fingerprint density at radius 2 is 0.857 bits per heavy atom. The normalized spacial score (nSPS) is 16.5. The van der Waals surface area contributed by atoms with Crippen molar-refractivity contribution in [2.75, 3.05) is 0 Å². The molecular formula is C38H72O4. The maximum absolute atomic E-state index is 11.6. The highest BCUT2D eigenvalue weighted by atomic mass is 16.5. The quantitative estimate of drug-likeness (QED) is 0.0602. The molecule has 1 unspecified atom stereocenters. The van der Waals surface area contributed by atoms with Gasteiger partial charge >= 0.3 is 5.97 Å². The van der Waals surface area contributed by atoms with Gasteiger partial charge in [0.25, 0.3) is 0 Å². The first-order valence-corrected chi connectivity index (χ1v) is 18.8. The molecular weight excluding hydrogens is 520 g/mol. The topological polar surface area (TPSA) is 66.8 Å². The molecule has 42 heavy (non-hydrogen) atoms. The number of aliphatic hydroxyl groups excluding tert-OH is 2. The summed E-state index contributed by atoms with van der Waals surface area (Å²) in [5.41, 5.74) is 0.884. The minimum atomic E-state index is -0.533. The highest BCUT2D eigenvalue weighted by Gasteiger charge is 2.21. The van der Waals surface area contributed by atoms with Gasteiger partial charge in [-0.2, -0.15) is 0 Å². The second kappa shape index (κ2) is 28.9. The summed E-state index contributed by atoms with van der Waals surface area (Å²) < 4.78 is 5.15. The Morgan fingerprint density at radius 1 is 0.548 bits per heavy atom. The lowest BCUT2D eigenvalue weighted by atomic mass is 9.99. The molecule has 0 bridgehead atoms. The molecule has 0 amide bonds. The van der Waals surface area contributed by atoms with Crippen molar-refractivity contribution in [3.63, 3.8) is 0 Å². The summed E-state index contributed by atoms with van der Waals surface area (Å²) in [7, 11) is 0. The molecule has 1 aliphatic heterocycles. The molecule has 0 fully saturated rings. The Kier molecular flexibility index (Phi) is 26.9. The molecule has 248 valence electrons. The van der Waals surface area contributed by atoms with E-state index in [4.69, 9.17) is 4.74 Å². The first-order valence-electron chi connectivity index (χ1n) is 18.8. The van der Waals surface area contributed by atoms with Gasteiger partial charge in [-0.3, -0.25) is 0 Å². The standard InChI is InChI=1S/C38H72O4/c1-3-4-5-6-7-8-9-12-16-19-22-25-28-31-36(39)37(40)32-29-26-23-20-17-14-11-10-13-15-18-21-24-27-30-35-33-34(2)42-38(35)41/h33-34,36-37,39-40H,3-32H2,1-2H3/t34?,36-,37-/m1/s1. The molecule has 1 heterocycles. The number of ether oxygens (including phenoxy) is 1. The monoisotopic (exact) mass is 593 g/mol. The molecule has 4 heteroatoms. The summed E-state index contributed by atoms with van der Waals surface area (Å²) in [6, 6.07) is 0. The molecule has 1 rings (SSSR count). The molecule has 0 spiro atoms. The van der Waals surface area contributed by atoms with Crippen LogP contribution in [-0.2, 0) is 9.53 Å². The van der Waals surface area contributed by atoms with Crippen molar-refractivity contribution in [1.29, 1.82) is 0 Å². The van der Waals surface area contributed by atoms with Crippen LogP contribution in [0.1, 0.15) is 206 Å². The van der Waals surface area contributed by atoms with E-state index in [1.54, 1.807) is 0 Å². The number of cyclic esters (lactones) is 1. The van der Waals surface area contributed by atoms with E-state index in [1.807, 2.05) is 13.0 Å². The minimum Gasteiger partial charge on any atom is -0.455 e. The molecule has 3 atom stereocenters. The van der Waals surface area contributed by atoms with Gasteiger partial charge in [-0.05, 0) is 38.7 Å². The number of unbranched alkanes of at least 4 members (excludes halogenated alkanes) is 25. The van der Waals surface area contributed by atoms with Crippen molar-refractivity contribution < 1.29 is 19.7 Å². The van der Waals surface area contributed by atoms with Crippen LogP contribution in [0.5, 0.6) is 0 Å². The van der Waals surface area contributed by atoms with Crippen molar-refractivity contribution in [3.8, 4) is 0 Å². The van der Waals surface area contributed by atoms with E-state index in [2.05, 4.69) is 6.92 Å². The Labute approximate surface area is 261 Å². The first-order chi connectivity index (χ1) is 20.5. The average molecular weight is 593 g/mol. The predicted octanol–water partition coefficient (Wildman–Crippen LogP) is 11.3. The third-order valence-corrected chi connectivity index (χ3v) is 9.23. The lowest BCUT2D eigenvalue weighted by Gasteiger charge is -2.17. The summed E-state index contributed by atoms with van der Waals surface area (Å²) in [5, 5.41) is 20.6. The van der Waals surface area contributed by atoms with Crippen LogP contribution in [-0.4, -0.2) is 34.5 Å². The van der Waals surface area contributed by atoms with E-state index < -0.39 is 12.2 Å². The molecule has 0 aromatic rings. The van der Waals surface area contributed by atoms with Gasteiger partial charge in [0.15, 0.2) is 0 Å². The fourth-order valence-corrected chi connectivity index (χ4v) is 6.36. The van der Waals surface area contributed by atoms with E-state index in [1.165, 1.54) is 154 Å². The molecule has 2 N–H and O–H groups in total. The number of carbonyl (C=O) groups excluding carboxylic acids is 1. The largest absolute Gasteiger partial charge is 0.455 e. The Hall–Kier alpha value is -0.870. The van der Waals surface area contributed by atoms with Crippen LogP contribution < -0.4 is 0 Å². The fourth-order valence-electron chi connectivity index (χ4n) is 6.36. The predicted molar refractivity (Wildman–Crippen MR) is 180 cm³/mol. The SMILES string of the molecule is CCCCCCCCCCCCCCC[C@@H](O)[C@H](O)CCCCCCCCCCCCCCCCC1=CC(C)OC1=O. The van der Waals surface area contributed by atoms with Gasteiger partial charge in [-0.1, -0.05) is 174 Å². The zero-order chi connectivity index (χ0) is 30.5. The third-order valence-electron chi connectivity index (χ3n) is 9.23. The lowest BCUT2D eigenvalue weighted by molar-refractivity contribution is -0.139. The summed E-state index contributed by atoms with van der Waals surface area (Å²) in [4.78, 5) is 11.6. The van der Waals surface area contributed by atoms with Crippen LogP contribution in [0.3, 0.4) is 0 Å². The molecule has 0 saturated heterocycles. The van der Waals surface area contributed by atoms with Crippen molar-refractivity contribution >= 4 is 5.97 Å².